The maximum atomic E-state index is 14.4. The molecule has 0 spiro atoms. The van der Waals surface area contributed by atoms with Gasteiger partial charge < -0.3 is 14.8 Å². The third-order valence-electron chi connectivity index (χ3n) is 3.73. The maximum Gasteiger partial charge on any atom is 0.273 e. The van der Waals surface area contributed by atoms with E-state index in [0.29, 0.717) is 5.56 Å². The molecule has 0 aliphatic carbocycles. The first-order valence-electron chi connectivity index (χ1n) is 7.94. The summed E-state index contributed by atoms with van der Waals surface area (Å²) < 4.78 is 39.1. The monoisotopic (exact) mass is 405 g/mol. The Bertz CT molecular complexity index is 987. The van der Waals surface area contributed by atoms with E-state index in [4.69, 9.17) is 15.9 Å². The summed E-state index contributed by atoms with van der Waals surface area (Å²) >= 11 is 0.948. The van der Waals surface area contributed by atoms with Gasteiger partial charge in [0.05, 0.1) is 12.7 Å². The first-order valence-corrected chi connectivity index (χ1v) is 9.23. The molecule has 1 aromatic carbocycles. The van der Waals surface area contributed by atoms with Crippen LogP contribution in [0.15, 0.2) is 18.3 Å². The molecule has 0 fully saturated rings. The minimum atomic E-state index is -1.30. The van der Waals surface area contributed by atoms with Crippen LogP contribution in [0, 0.1) is 35.3 Å². The van der Waals surface area contributed by atoms with E-state index in [9.17, 15) is 18.8 Å². The second-order valence-electron chi connectivity index (χ2n) is 5.99. The van der Waals surface area contributed by atoms with Gasteiger partial charge in [-0.05, 0) is 25.3 Å². The minimum Gasteiger partial charge on any atom is -0.467 e. The molecule has 2 aromatic rings. The lowest BCUT2D eigenvalue weighted by Gasteiger charge is -2.25. The number of fused-ring (bicyclic) bond motifs is 1. The number of thioether (sulfide) groups is 1. The van der Waals surface area contributed by atoms with E-state index in [0.717, 1.165) is 11.8 Å². The van der Waals surface area contributed by atoms with Crippen LogP contribution in [0.1, 0.15) is 12.5 Å². The predicted octanol–water partition coefficient (Wildman–Crippen LogP) is 2.61. The Hall–Kier alpha value is -2.88. The Labute approximate surface area is 165 Å². The first-order chi connectivity index (χ1) is 13.3. The molecule has 0 bridgehead atoms. The fourth-order valence-electron chi connectivity index (χ4n) is 2.40. The molecule has 1 heterocycles. The van der Waals surface area contributed by atoms with Gasteiger partial charge in [0.2, 0.25) is 11.3 Å². The van der Waals surface area contributed by atoms with Crippen molar-refractivity contribution >= 4 is 28.6 Å². The van der Waals surface area contributed by atoms with Crippen molar-refractivity contribution in [2.75, 3.05) is 20.0 Å². The molecule has 2 atom stereocenters. The molecule has 2 rings (SSSR count). The molecule has 1 aromatic heterocycles. The van der Waals surface area contributed by atoms with Crippen molar-refractivity contribution in [2.45, 2.75) is 17.9 Å². The van der Waals surface area contributed by atoms with Crippen molar-refractivity contribution in [1.29, 1.82) is 5.26 Å². The number of aromatic nitrogens is 1. The highest BCUT2D eigenvalue weighted by Gasteiger charge is 2.31. The molecule has 6 nitrogen and oxygen atoms in total. The topological polar surface area (TPSA) is 84.2 Å². The van der Waals surface area contributed by atoms with Crippen molar-refractivity contribution in [3.05, 3.63) is 35.5 Å². The van der Waals surface area contributed by atoms with E-state index >= 15 is 0 Å². The molecule has 9 heteroatoms. The average Bonchev–Trinajstić information content (AvgIpc) is 2.69. The van der Waals surface area contributed by atoms with Gasteiger partial charge in [-0.1, -0.05) is 5.92 Å². The number of halogens is 2. The van der Waals surface area contributed by atoms with Crippen molar-refractivity contribution < 1.29 is 23.0 Å². The van der Waals surface area contributed by atoms with Gasteiger partial charge in [0.1, 0.15) is 11.1 Å². The molecule has 0 aliphatic rings. The number of methoxy groups -OCH3 is 1. The lowest BCUT2D eigenvalue weighted by Crippen LogP contribution is -2.52. The average molecular weight is 405 g/mol. The van der Waals surface area contributed by atoms with Crippen LogP contribution in [0.3, 0.4) is 0 Å². The second-order valence-corrected chi connectivity index (χ2v) is 6.89. The molecular weight excluding hydrogens is 388 g/mol. The lowest BCUT2D eigenvalue weighted by molar-refractivity contribution is -0.126. The van der Waals surface area contributed by atoms with Gasteiger partial charge in [-0.15, -0.1) is 18.2 Å². The van der Waals surface area contributed by atoms with Crippen LogP contribution < -0.4 is 10.1 Å². The molecule has 146 valence electrons. The summed E-state index contributed by atoms with van der Waals surface area (Å²) in [5.41, 5.74) is -2.36. The van der Waals surface area contributed by atoms with Gasteiger partial charge in [-0.25, -0.2) is 4.39 Å². The number of hydrogen-bond acceptors (Lipinski definition) is 6. The van der Waals surface area contributed by atoms with E-state index in [-0.39, 0.29) is 17.5 Å². The molecule has 28 heavy (non-hydrogen) atoms. The zero-order valence-corrected chi connectivity index (χ0v) is 16.2. The van der Waals surface area contributed by atoms with E-state index < -0.39 is 34.3 Å². The summed E-state index contributed by atoms with van der Waals surface area (Å²) in [6.45, 7) is 1.41. The molecule has 1 amide bonds. The Balaban J connectivity index is 2.35. The molecule has 0 radical (unpaired) electrons. The van der Waals surface area contributed by atoms with E-state index in [2.05, 4.69) is 16.2 Å². The number of rotatable bonds is 7. The Morgan fingerprint density at radius 3 is 2.75 bits per heavy atom. The van der Waals surface area contributed by atoms with Crippen LogP contribution >= 0.6 is 11.8 Å². The van der Waals surface area contributed by atoms with Gasteiger partial charge >= 0.3 is 0 Å². The van der Waals surface area contributed by atoms with Gasteiger partial charge in [-0.2, -0.15) is 9.65 Å². The number of carbonyl (C=O) groups is 1. The van der Waals surface area contributed by atoms with Crippen LogP contribution in [0.2, 0.25) is 0 Å². The number of hydrogen-bond donors (Lipinski definition) is 1. The van der Waals surface area contributed by atoms with Crippen LogP contribution in [-0.4, -0.2) is 41.8 Å². The molecule has 0 saturated heterocycles. The summed E-state index contributed by atoms with van der Waals surface area (Å²) in [6, 6.07) is 4.60. The zero-order valence-electron chi connectivity index (χ0n) is 15.4. The fraction of sp³-hybridized carbons (Fsp3) is 0.316. The summed E-state index contributed by atoms with van der Waals surface area (Å²) in [7, 11) is 1.38. The molecule has 0 aliphatic heterocycles. The molecule has 0 saturated carbocycles. The number of carbonyl (C=O) groups excluding carboxylic acids is 1. The Kier molecular flexibility index (Phi) is 6.79. The smallest absolute Gasteiger partial charge is 0.273 e. The fourth-order valence-corrected chi connectivity index (χ4v) is 2.87. The number of nitrogens with one attached hydrogen (secondary N) is 1. The van der Waals surface area contributed by atoms with Gasteiger partial charge in [0, 0.05) is 24.3 Å². The number of terminal acetylenes is 1. The van der Waals surface area contributed by atoms with Crippen molar-refractivity contribution in [3.63, 3.8) is 0 Å². The Morgan fingerprint density at radius 2 is 2.18 bits per heavy atom. The zero-order chi connectivity index (χ0) is 20.9. The number of nitriles is 1. The SMILES string of the molecule is C#Cc1cnc2c(F)c(F)c(OC(SC)C(=O)NC(C)(C#N)COC)cc2c1. The highest BCUT2D eigenvalue weighted by molar-refractivity contribution is 7.99. The summed E-state index contributed by atoms with van der Waals surface area (Å²) in [5.74, 6) is -1.29. The normalized spacial score (nSPS) is 13.8. The van der Waals surface area contributed by atoms with Gasteiger partial charge in [0.25, 0.3) is 5.91 Å². The second kappa shape index (κ2) is 8.87. The minimum absolute atomic E-state index is 0.0597. The summed E-state index contributed by atoms with van der Waals surface area (Å²) in [6.07, 6.45) is 8.11. The Morgan fingerprint density at radius 1 is 1.46 bits per heavy atom. The summed E-state index contributed by atoms with van der Waals surface area (Å²) in [5, 5.41) is 11.9. The predicted molar refractivity (Wildman–Crippen MR) is 102 cm³/mol. The molecule has 1 N–H and O–H groups in total. The van der Waals surface area contributed by atoms with Crippen LogP contribution in [0.4, 0.5) is 8.78 Å². The highest BCUT2D eigenvalue weighted by Crippen LogP contribution is 2.30. The quantitative estimate of drug-likeness (QED) is 0.563. The first kappa shape index (κ1) is 21.4. The third kappa shape index (κ3) is 4.50. The number of ether oxygens (including phenoxy) is 2. The van der Waals surface area contributed by atoms with Crippen molar-refractivity contribution in [2.24, 2.45) is 0 Å². The van der Waals surface area contributed by atoms with Gasteiger partial charge in [-0.3, -0.25) is 9.78 Å². The lowest BCUT2D eigenvalue weighted by atomic mass is 10.1. The molecule has 2 unspecified atom stereocenters. The van der Waals surface area contributed by atoms with Crippen LogP contribution in [-0.2, 0) is 9.53 Å². The van der Waals surface area contributed by atoms with Crippen LogP contribution in [0.25, 0.3) is 10.9 Å². The highest BCUT2D eigenvalue weighted by atomic mass is 32.2. The van der Waals surface area contributed by atoms with E-state index in [1.807, 2.05) is 6.07 Å². The van der Waals surface area contributed by atoms with Crippen molar-refractivity contribution in [1.82, 2.24) is 10.3 Å². The number of pyridine rings is 1. The van der Waals surface area contributed by atoms with Crippen LogP contribution in [0.5, 0.6) is 5.75 Å². The number of benzene rings is 1. The van der Waals surface area contributed by atoms with Crippen molar-refractivity contribution in [3.8, 4) is 24.2 Å². The largest absolute Gasteiger partial charge is 0.467 e. The standard InChI is InChI=1S/C19H17F2N3O3S/c1-5-11-6-12-7-13(14(20)15(21)16(12)23-8-11)27-18(28-4)17(25)24-19(2,9-22)10-26-3/h1,6-8,18H,10H2,2-4H3,(H,24,25). The van der Waals surface area contributed by atoms with Gasteiger partial charge in [0.15, 0.2) is 11.6 Å². The molecular formula is C19H17F2N3O3S. The number of nitrogens with zero attached hydrogens (tertiary/aromatic N) is 2. The van der Waals surface area contributed by atoms with E-state index in [1.54, 1.807) is 6.26 Å². The third-order valence-corrected chi connectivity index (χ3v) is 4.47. The number of amides is 1. The van der Waals surface area contributed by atoms with E-state index in [1.165, 1.54) is 32.4 Å². The maximum absolute atomic E-state index is 14.4. The summed E-state index contributed by atoms with van der Waals surface area (Å²) in [4.78, 5) is 16.3.